The monoisotopic (exact) mass is 259 g/mol. The quantitative estimate of drug-likeness (QED) is 0.787. The number of ether oxygens (including phenoxy) is 1. The van der Waals surface area contributed by atoms with E-state index in [-0.39, 0.29) is 23.9 Å². The number of carbonyl (C=O) groups is 1. The summed E-state index contributed by atoms with van der Waals surface area (Å²) in [6, 6.07) is -1.01. The van der Waals surface area contributed by atoms with Gasteiger partial charge in [0, 0.05) is 5.75 Å². The number of rotatable bonds is 4. The number of carbonyl (C=O) groups excluding carboxylic acids is 1. The van der Waals surface area contributed by atoms with Crippen LogP contribution in [0, 0.1) is 0 Å². The average molecular weight is 259 g/mol. The van der Waals surface area contributed by atoms with Crippen molar-refractivity contribution in [1.29, 1.82) is 0 Å². The lowest BCUT2D eigenvalue weighted by atomic mass is 10.2. The molecule has 0 saturated carbocycles. The van der Waals surface area contributed by atoms with Crippen molar-refractivity contribution in [3.63, 3.8) is 0 Å². The third kappa shape index (κ3) is 8.84. The summed E-state index contributed by atoms with van der Waals surface area (Å²) >= 11 is -0.190. The lowest BCUT2D eigenvalue weighted by molar-refractivity contribution is -0.156. The molecular weight excluding hydrogens is 243 g/mol. The molecule has 0 rings (SSSR count). The van der Waals surface area contributed by atoms with Crippen molar-refractivity contribution < 1.29 is 22.7 Å². The summed E-state index contributed by atoms with van der Waals surface area (Å²) in [5.41, 5.74) is 0.440. The number of halogens is 3. The zero-order valence-corrected chi connectivity index (χ0v) is 10.2. The minimum Gasteiger partial charge on any atom is -0.459 e. The molecule has 0 radical (unpaired) electrons. The highest BCUT2D eigenvalue weighted by atomic mass is 32.2. The molecule has 0 aromatic rings. The van der Waals surface area contributed by atoms with Gasteiger partial charge in [0.15, 0.2) is 0 Å². The fraction of sp³-hybridized carbons (Fsp3) is 0.889. The Morgan fingerprint density at radius 3 is 2.25 bits per heavy atom. The summed E-state index contributed by atoms with van der Waals surface area (Å²) in [5.74, 6) is -0.917. The van der Waals surface area contributed by atoms with Crippen molar-refractivity contribution in [2.45, 2.75) is 44.3 Å². The minimum atomic E-state index is -4.28. The zero-order chi connectivity index (χ0) is 13.0. The average Bonchev–Trinajstić information content (AvgIpc) is 1.98. The molecule has 0 aliphatic rings. The van der Waals surface area contributed by atoms with Crippen LogP contribution in [-0.4, -0.2) is 28.9 Å². The third-order valence-electron chi connectivity index (χ3n) is 1.40. The maximum atomic E-state index is 11.8. The standard InChI is InChI=1S/C9H16F3NO2S/c1-8(2,3)15-7(14)6(13)4-5-16-9(10,11)12/h6H,4-5,13H2,1-3H3/t6-/m1/s1. The van der Waals surface area contributed by atoms with E-state index >= 15 is 0 Å². The van der Waals surface area contributed by atoms with Crippen LogP contribution in [0.4, 0.5) is 13.2 Å². The van der Waals surface area contributed by atoms with Crippen molar-refractivity contribution >= 4 is 17.7 Å². The Labute approximate surface area is 96.9 Å². The van der Waals surface area contributed by atoms with Gasteiger partial charge in [-0.1, -0.05) is 11.8 Å². The van der Waals surface area contributed by atoms with E-state index in [1.807, 2.05) is 0 Å². The van der Waals surface area contributed by atoms with Crippen molar-refractivity contribution in [2.24, 2.45) is 5.73 Å². The maximum absolute atomic E-state index is 11.8. The van der Waals surface area contributed by atoms with Gasteiger partial charge in [0.05, 0.1) is 0 Å². The van der Waals surface area contributed by atoms with Crippen molar-refractivity contribution in [3.8, 4) is 0 Å². The van der Waals surface area contributed by atoms with E-state index in [2.05, 4.69) is 0 Å². The molecule has 0 unspecified atom stereocenters. The van der Waals surface area contributed by atoms with Crippen LogP contribution >= 0.6 is 11.8 Å². The Morgan fingerprint density at radius 1 is 1.38 bits per heavy atom. The number of alkyl halides is 3. The zero-order valence-electron chi connectivity index (χ0n) is 9.43. The number of thioether (sulfide) groups is 1. The molecular formula is C9H16F3NO2S. The Morgan fingerprint density at radius 2 is 1.88 bits per heavy atom. The number of nitrogens with two attached hydrogens (primary N) is 1. The number of hydrogen-bond acceptors (Lipinski definition) is 4. The lowest BCUT2D eigenvalue weighted by Gasteiger charge is -2.22. The second kappa shape index (κ2) is 5.77. The molecule has 0 aromatic carbocycles. The van der Waals surface area contributed by atoms with Crippen molar-refractivity contribution in [2.75, 3.05) is 5.75 Å². The Hall–Kier alpha value is -0.430. The molecule has 0 aromatic heterocycles. The van der Waals surface area contributed by atoms with Crippen LogP contribution in [0.3, 0.4) is 0 Å². The number of esters is 1. The van der Waals surface area contributed by atoms with Gasteiger partial charge in [-0.25, -0.2) is 0 Å². The SMILES string of the molecule is CC(C)(C)OC(=O)[C@H](N)CCSC(F)(F)F. The van der Waals surface area contributed by atoms with Crippen LogP contribution in [-0.2, 0) is 9.53 Å². The van der Waals surface area contributed by atoms with E-state index in [1.165, 1.54) is 0 Å². The first kappa shape index (κ1) is 15.6. The third-order valence-corrected chi connectivity index (χ3v) is 2.17. The highest BCUT2D eigenvalue weighted by Crippen LogP contribution is 2.30. The van der Waals surface area contributed by atoms with Gasteiger partial charge in [-0.05, 0) is 27.2 Å². The van der Waals surface area contributed by atoms with Crippen molar-refractivity contribution in [1.82, 2.24) is 0 Å². The molecule has 0 saturated heterocycles. The van der Waals surface area contributed by atoms with Gasteiger partial charge >= 0.3 is 11.5 Å². The van der Waals surface area contributed by atoms with E-state index < -0.39 is 23.1 Å². The molecule has 96 valence electrons. The normalized spacial score (nSPS) is 14.7. The fourth-order valence-electron chi connectivity index (χ4n) is 0.797. The first-order valence-corrected chi connectivity index (χ1v) is 5.69. The predicted octanol–water partition coefficient (Wildman–Crippen LogP) is 2.30. The highest BCUT2D eigenvalue weighted by Gasteiger charge is 2.29. The van der Waals surface area contributed by atoms with Gasteiger partial charge < -0.3 is 10.5 Å². The van der Waals surface area contributed by atoms with Crippen molar-refractivity contribution in [3.05, 3.63) is 0 Å². The van der Waals surface area contributed by atoms with Gasteiger partial charge in [0.25, 0.3) is 0 Å². The van der Waals surface area contributed by atoms with Crippen LogP contribution in [0.15, 0.2) is 0 Å². The Bertz CT molecular complexity index is 238. The molecule has 0 amide bonds. The van der Waals surface area contributed by atoms with Crippen LogP contribution < -0.4 is 5.73 Å². The van der Waals surface area contributed by atoms with Crippen LogP contribution in [0.1, 0.15) is 27.2 Å². The van der Waals surface area contributed by atoms with Crippen LogP contribution in [0.25, 0.3) is 0 Å². The van der Waals surface area contributed by atoms with E-state index in [0.29, 0.717) is 0 Å². The Balaban J connectivity index is 3.89. The molecule has 1 atom stereocenters. The predicted molar refractivity (Wildman–Crippen MR) is 57.0 cm³/mol. The smallest absolute Gasteiger partial charge is 0.441 e. The second-order valence-corrected chi connectivity index (χ2v) is 5.38. The molecule has 0 spiro atoms. The molecule has 0 aliphatic carbocycles. The summed E-state index contributed by atoms with van der Waals surface area (Å²) in [6.45, 7) is 5.01. The van der Waals surface area contributed by atoms with Gasteiger partial charge in [0.1, 0.15) is 11.6 Å². The fourth-order valence-corrected chi connectivity index (χ4v) is 1.40. The number of hydrogen-bond donors (Lipinski definition) is 1. The lowest BCUT2D eigenvalue weighted by Crippen LogP contribution is -2.37. The summed E-state index contributed by atoms with van der Waals surface area (Å²) in [5, 5.41) is 0. The molecule has 16 heavy (non-hydrogen) atoms. The molecule has 0 fully saturated rings. The largest absolute Gasteiger partial charge is 0.459 e. The summed E-state index contributed by atoms with van der Waals surface area (Å²) in [4.78, 5) is 11.3. The van der Waals surface area contributed by atoms with Crippen LogP contribution in [0.5, 0.6) is 0 Å². The molecule has 3 nitrogen and oxygen atoms in total. The molecule has 0 bridgehead atoms. The molecule has 7 heteroatoms. The molecule has 0 heterocycles. The summed E-state index contributed by atoms with van der Waals surface area (Å²) in [7, 11) is 0. The van der Waals surface area contributed by atoms with Gasteiger partial charge in [0.2, 0.25) is 0 Å². The summed E-state index contributed by atoms with van der Waals surface area (Å²) < 4.78 is 40.3. The van der Waals surface area contributed by atoms with Gasteiger partial charge in [-0.3, -0.25) is 4.79 Å². The van der Waals surface area contributed by atoms with E-state index in [1.54, 1.807) is 20.8 Å². The molecule has 2 N–H and O–H groups in total. The maximum Gasteiger partial charge on any atom is 0.441 e. The minimum absolute atomic E-state index is 0.0565. The second-order valence-electron chi connectivity index (χ2n) is 4.22. The van der Waals surface area contributed by atoms with E-state index in [0.717, 1.165) is 0 Å². The van der Waals surface area contributed by atoms with Crippen LogP contribution in [0.2, 0.25) is 0 Å². The topological polar surface area (TPSA) is 52.3 Å². The van der Waals surface area contributed by atoms with E-state index in [9.17, 15) is 18.0 Å². The summed E-state index contributed by atoms with van der Waals surface area (Å²) in [6.07, 6.45) is -0.0565. The van der Waals surface area contributed by atoms with E-state index in [4.69, 9.17) is 10.5 Å². The molecule has 0 aliphatic heterocycles. The van der Waals surface area contributed by atoms with Gasteiger partial charge in [-0.2, -0.15) is 13.2 Å². The first-order valence-electron chi connectivity index (χ1n) is 4.70. The van der Waals surface area contributed by atoms with Gasteiger partial charge in [-0.15, -0.1) is 0 Å². The Kier molecular flexibility index (Phi) is 5.61. The first-order chi connectivity index (χ1) is 7.01. The highest BCUT2D eigenvalue weighted by molar-refractivity contribution is 8.00.